The van der Waals surface area contributed by atoms with Gasteiger partial charge in [0.15, 0.2) is 4.34 Å². The number of thiazole rings is 1. The highest BCUT2D eigenvalue weighted by Crippen LogP contribution is 2.43. The summed E-state index contributed by atoms with van der Waals surface area (Å²) in [4.78, 5) is 4.80. The quantitative estimate of drug-likeness (QED) is 0.266. The van der Waals surface area contributed by atoms with Gasteiger partial charge in [-0.2, -0.15) is 13.2 Å². The van der Waals surface area contributed by atoms with Crippen molar-refractivity contribution >= 4 is 72.2 Å². The third-order valence-corrected chi connectivity index (χ3v) is 9.36. The van der Waals surface area contributed by atoms with Gasteiger partial charge in [-0.05, 0) is 67.4 Å². The minimum atomic E-state index is -4.57. The minimum absolute atomic E-state index is 0.0437. The summed E-state index contributed by atoms with van der Waals surface area (Å²) in [5.74, 6) is 0. The Morgan fingerprint density at radius 2 is 1.68 bits per heavy atom. The van der Waals surface area contributed by atoms with Crippen LogP contribution in [-0.4, -0.2) is 13.4 Å². The fourth-order valence-corrected chi connectivity index (χ4v) is 7.18. The van der Waals surface area contributed by atoms with E-state index in [0.717, 1.165) is 38.3 Å². The SMILES string of the molecule is Cc1ccc2sc(Sc3c(Cl)cc(NS(=O)(=O)c4ccc(C(F)(F)F)cc4C)cc3Cl)nc2c1. The lowest BCUT2D eigenvalue weighted by Crippen LogP contribution is -2.15. The third-order valence-electron chi connectivity index (χ3n) is 4.76. The first kappa shape index (κ1) is 25.1. The number of rotatable bonds is 5. The monoisotopic (exact) mass is 562 g/mol. The maximum absolute atomic E-state index is 12.9. The molecule has 4 rings (SSSR count). The highest BCUT2D eigenvalue weighted by atomic mass is 35.5. The number of hydrogen-bond donors (Lipinski definition) is 1. The average molecular weight is 563 g/mol. The summed E-state index contributed by atoms with van der Waals surface area (Å²) in [5.41, 5.74) is 1.05. The number of anilines is 1. The number of hydrogen-bond acceptors (Lipinski definition) is 5. The Morgan fingerprint density at radius 1 is 1.00 bits per heavy atom. The van der Waals surface area contributed by atoms with Crippen LogP contribution in [0.1, 0.15) is 16.7 Å². The van der Waals surface area contributed by atoms with Crippen molar-refractivity contribution in [2.75, 3.05) is 4.72 Å². The van der Waals surface area contributed by atoms with Gasteiger partial charge in [-0.3, -0.25) is 4.72 Å². The summed E-state index contributed by atoms with van der Waals surface area (Å²) in [6, 6.07) is 11.2. The normalized spacial score (nSPS) is 12.3. The largest absolute Gasteiger partial charge is 0.416 e. The molecule has 0 atom stereocenters. The lowest BCUT2D eigenvalue weighted by atomic mass is 10.1. The molecule has 0 unspecified atom stereocenters. The van der Waals surface area contributed by atoms with Crippen LogP contribution < -0.4 is 4.72 Å². The molecule has 34 heavy (non-hydrogen) atoms. The molecule has 1 aromatic heterocycles. The summed E-state index contributed by atoms with van der Waals surface area (Å²) in [5, 5.41) is 0.407. The Hall–Kier alpha value is -1.98. The molecule has 0 bridgehead atoms. The van der Waals surface area contributed by atoms with E-state index in [0.29, 0.717) is 4.90 Å². The minimum Gasteiger partial charge on any atom is -0.280 e. The summed E-state index contributed by atoms with van der Waals surface area (Å²) in [6.07, 6.45) is -4.57. The predicted octanol–water partition coefficient (Wildman–Crippen LogP) is 8.19. The van der Waals surface area contributed by atoms with Crippen LogP contribution in [0.3, 0.4) is 0 Å². The zero-order valence-electron chi connectivity index (χ0n) is 17.5. The molecule has 1 N–H and O–H groups in total. The van der Waals surface area contributed by atoms with Crippen LogP contribution in [0.4, 0.5) is 18.9 Å². The van der Waals surface area contributed by atoms with E-state index in [2.05, 4.69) is 9.71 Å². The van der Waals surface area contributed by atoms with Crippen molar-refractivity contribution in [3.63, 3.8) is 0 Å². The number of nitrogens with one attached hydrogen (secondary N) is 1. The Labute approximate surface area is 212 Å². The van der Waals surface area contributed by atoms with Gasteiger partial charge < -0.3 is 0 Å². The second-order valence-electron chi connectivity index (χ2n) is 7.41. The third kappa shape index (κ3) is 5.31. The van der Waals surface area contributed by atoms with E-state index < -0.39 is 21.8 Å². The van der Waals surface area contributed by atoms with Crippen LogP contribution >= 0.6 is 46.3 Å². The van der Waals surface area contributed by atoms with Gasteiger partial charge in [0.05, 0.1) is 41.3 Å². The zero-order valence-corrected chi connectivity index (χ0v) is 21.5. The Bertz CT molecular complexity index is 1500. The summed E-state index contributed by atoms with van der Waals surface area (Å²) < 4.78 is 68.4. The number of benzene rings is 3. The van der Waals surface area contributed by atoms with Gasteiger partial charge in [0, 0.05) is 0 Å². The number of nitrogens with zero attached hydrogens (tertiary/aromatic N) is 1. The molecule has 4 nitrogen and oxygen atoms in total. The fourth-order valence-electron chi connectivity index (χ4n) is 3.20. The standard InChI is InChI=1S/C22H15Cl2F3N2O2S3/c1-11-3-5-18-17(7-11)28-21(32-18)33-20-15(23)9-14(10-16(20)24)29-34(30,31)19-6-4-13(8-12(19)2)22(25,26)27/h3-10,29H,1-2H3. The van der Waals surface area contributed by atoms with Crippen molar-refractivity contribution in [3.8, 4) is 0 Å². The summed E-state index contributed by atoms with van der Waals surface area (Å²) in [7, 11) is -4.18. The smallest absolute Gasteiger partial charge is 0.280 e. The highest BCUT2D eigenvalue weighted by Gasteiger charge is 2.31. The molecular formula is C22H15Cl2F3N2O2S3. The molecule has 0 amide bonds. The van der Waals surface area contributed by atoms with Crippen LogP contribution in [0.15, 0.2) is 62.7 Å². The maximum Gasteiger partial charge on any atom is 0.416 e. The van der Waals surface area contributed by atoms with E-state index in [9.17, 15) is 21.6 Å². The van der Waals surface area contributed by atoms with Gasteiger partial charge in [-0.1, -0.05) is 41.0 Å². The van der Waals surface area contributed by atoms with Crippen LogP contribution in [0.5, 0.6) is 0 Å². The molecule has 12 heteroatoms. The first-order valence-corrected chi connectivity index (χ1v) is 13.5. The first-order chi connectivity index (χ1) is 15.8. The number of fused-ring (bicyclic) bond motifs is 1. The van der Waals surface area contributed by atoms with Crippen molar-refractivity contribution in [2.24, 2.45) is 0 Å². The van der Waals surface area contributed by atoms with E-state index in [1.807, 2.05) is 25.1 Å². The zero-order chi connectivity index (χ0) is 24.8. The van der Waals surface area contributed by atoms with Gasteiger partial charge in [-0.25, -0.2) is 13.4 Å². The van der Waals surface area contributed by atoms with E-state index in [1.54, 1.807) is 0 Å². The van der Waals surface area contributed by atoms with Gasteiger partial charge in [0.2, 0.25) is 0 Å². The van der Waals surface area contributed by atoms with Crippen molar-refractivity contribution in [2.45, 2.75) is 34.2 Å². The molecule has 0 aliphatic carbocycles. The fraction of sp³-hybridized carbons (Fsp3) is 0.136. The van der Waals surface area contributed by atoms with Gasteiger partial charge in [0.25, 0.3) is 10.0 Å². The van der Waals surface area contributed by atoms with E-state index in [4.69, 9.17) is 23.2 Å². The summed E-state index contributed by atoms with van der Waals surface area (Å²) >= 11 is 15.5. The lowest BCUT2D eigenvalue weighted by Gasteiger charge is -2.14. The van der Waals surface area contributed by atoms with Crippen LogP contribution in [0.25, 0.3) is 10.2 Å². The summed E-state index contributed by atoms with van der Waals surface area (Å²) in [6.45, 7) is 3.27. The molecule has 0 fully saturated rings. The average Bonchev–Trinajstić information content (AvgIpc) is 3.11. The van der Waals surface area contributed by atoms with Crippen molar-refractivity contribution in [1.29, 1.82) is 0 Å². The number of alkyl halides is 3. The van der Waals surface area contributed by atoms with Gasteiger partial charge >= 0.3 is 6.18 Å². The second-order valence-corrected chi connectivity index (χ2v) is 12.2. The molecule has 0 aliphatic rings. The van der Waals surface area contributed by atoms with Crippen molar-refractivity contribution in [3.05, 3.63) is 75.3 Å². The molecule has 4 aromatic rings. The molecule has 3 aromatic carbocycles. The van der Waals surface area contributed by atoms with Crippen molar-refractivity contribution in [1.82, 2.24) is 4.98 Å². The predicted molar refractivity (Wildman–Crippen MR) is 132 cm³/mol. The Kier molecular flexibility index (Phi) is 6.82. The molecule has 0 saturated carbocycles. The van der Waals surface area contributed by atoms with Gasteiger partial charge in [-0.15, -0.1) is 11.3 Å². The topological polar surface area (TPSA) is 59.1 Å². The van der Waals surface area contributed by atoms with Gasteiger partial charge in [0.1, 0.15) is 0 Å². The highest BCUT2D eigenvalue weighted by molar-refractivity contribution is 8.01. The molecule has 0 aliphatic heterocycles. The maximum atomic E-state index is 12.9. The van der Waals surface area contributed by atoms with Crippen LogP contribution in [0, 0.1) is 13.8 Å². The Morgan fingerprint density at radius 3 is 2.29 bits per heavy atom. The Balaban J connectivity index is 1.60. The lowest BCUT2D eigenvalue weighted by molar-refractivity contribution is -0.137. The molecule has 1 heterocycles. The molecule has 0 saturated heterocycles. The van der Waals surface area contributed by atoms with Crippen LogP contribution in [-0.2, 0) is 16.2 Å². The van der Waals surface area contributed by atoms with E-state index >= 15 is 0 Å². The first-order valence-electron chi connectivity index (χ1n) is 9.58. The second kappa shape index (κ2) is 9.23. The number of aryl methyl sites for hydroxylation is 2. The van der Waals surface area contributed by atoms with Crippen molar-refractivity contribution < 1.29 is 21.6 Å². The molecule has 178 valence electrons. The number of aromatic nitrogens is 1. The number of halogens is 5. The van der Waals surface area contributed by atoms with E-state index in [-0.39, 0.29) is 26.2 Å². The molecular weight excluding hydrogens is 548 g/mol. The molecule has 0 spiro atoms. The number of sulfonamides is 1. The van der Waals surface area contributed by atoms with E-state index in [1.165, 1.54) is 42.2 Å². The van der Waals surface area contributed by atoms with Crippen LogP contribution in [0.2, 0.25) is 10.0 Å². The molecule has 0 radical (unpaired) electrons.